The third-order valence-electron chi connectivity index (χ3n) is 13.1. The van der Waals surface area contributed by atoms with Gasteiger partial charge in [-0.25, -0.2) is 13.6 Å². The van der Waals surface area contributed by atoms with E-state index in [1.54, 1.807) is 42.5 Å². The van der Waals surface area contributed by atoms with Crippen molar-refractivity contribution in [3.05, 3.63) is 205 Å². The summed E-state index contributed by atoms with van der Waals surface area (Å²) >= 11 is 12.4. The van der Waals surface area contributed by atoms with E-state index in [0.717, 1.165) is 64.6 Å². The Balaban J connectivity index is 0.000000219. The van der Waals surface area contributed by atoms with E-state index in [-0.39, 0.29) is 78.4 Å². The molecule has 0 aliphatic rings. The molecule has 386 valence electrons. The minimum Gasteiger partial charge on any atom is -0.481 e. The summed E-state index contributed by atoms with van der Waals surface area (Å²) in [5.41, 5.74) is 7.86. The first-order valence-electron chi connectivity index (χ1n) is 24.5. The lowest BCUT2D eigenvalue weighted by atomic mass is 9.76. The number of benzene rings is 6. The summed E-state index contributed by atoms with van der Waals surface area (Å²) in [4.78, 5) is 49.8. The van der Waals surface area contributed by atoms with Crippen LogP contribution < -0.4 is 10.6 Å². The predicted octanol–water partition coefficient (Wildman–Crippen LogP) is 13.4. The fraction of sp³-hybridized carbons (Fsp3) is 0.259. The molecule has 17 heteroatoms. The average Bonchev–Trinajstić information content (AvgIpc) is 4.02. The maximum absolute atomic E-state index is 14.8. The number of H-pyrrole nitrogens is 2. The Kier molecular flexibility index (Phi) is 18.5. The van der Waals surface area contributed by atoms with Crippen molar-refractivity contribution in [2.75, 3.05) is 13.1 Å². The van der Waals surface area contributed by atoms with Crippen molar-refractivity contribution in [1.82, 2.24) is 31.0 Å². The van der Waals surface area contributed by atoms with E-state index in [1.807, 2.05) is 73.7 Å². The average molecular weight is 1060 g/mol. The molecule has 2 unspecified atom stereocenters. The molecule has 0 radical (unpaired) electrons. The van der Waals surface area contributed by atoms with Gasteiger partial charge in [0, 0.05) is 62.6 Å². The van der Waals surface area contributed by atoms with Gasteiger partial charge in [0.1, 0.15) is 16.9 Å². The number of rotatable bonds is 20. The number of halogens is 4. The highest BCUT2D eigenvalue weighted by atomic mass is 35.5. The summed E-state index contributed by atoms with van der Waals surface area (Å²) in [5.74, 6) is -4.05. The molecular weight excluding hydrogens is 1000 g/mol. The van der Waals surface area contributed by atoms with Crippen LogP contribution in [0.4, 0.5) is 14.5 Å². The number of hydrogen-bond donors (Lipinski definition) is 6. The van der Waals surface area contributed by atoms with Crippen LogP contribution in [0.3, 0.4) is 0 Å². The van der Waals surface area contributed by atoms with E-state index in [0.29, 0.717) is 37.8 Å². The number of aromatic amines is 2. The Hall–Kier alpha value is -7.93. The van der Waals surface area contributed by atoms with Crippen LogP contribution >= 0.6 is 23.2 Å². The maximum Gasteiger partial charge on any atom is 0.305 e. The van der Waals surface area contributed by atoms with Crippen LogP contribution in [-0.2, 0) is 9.59 Å². The number of fused-ring (bicyclic) bond motifs is 2. The molecule has 0 bridgehead atoms. The molecular formula is C58H55Cl2F2N7O6. The van der Waals surface area contributed by atoms with Crippen LogP contribution in [0, 0.1) is 25.1 Å². The third kappa shape index (κ3) is 13.4. The zero-order chi connectivity index (χ0) is 53.8. The van der Waals surface area contributed by atoms with Crippen molar-refractivity contribution in [3.63, 3.8) is 0 Å². The van der Waals surface area contributed by atoms with Gasteiger partial charge in [-0.15, -0.1) is 0 Å². The van der Waals surface area contributed by atoms with Gasteiger partial charge < -0.3 is 20.8 Å². The highest BCUT2D eigenvalue weighted by Crippen LogP contribution is 2.45. The van der Waals surface area contributed by atoms with Crippen molar-refractivity contribution in [1.29, 1.82) is 0 Å². The van der Waals surface area contributed by atoms with Crippen LogP contribution in [0.25, 0.3) is 26.7 Å². The molecule has 8 aromatic rings. The van der Waals surface area contributed by atoms with Crippen molar-refractivity contribution in [2.24, 2.45) is 0 Å². The Morgan fingerprint density at radius 1 is 0.600 bits per heavy atom. The number of aryl methyl sites for hydroxylation is 1. The van der Waals surface area contributed by atoms with E-state index in [2.05, 4.69) is 49.7 Å². The normalized spacial score (nSPS) is 12.7. The summed E-state index contributed by atoms with van der Waals surface area (Å²) in [6.07, 6.45) is 3.10. The smallest absolute Gasteiger partial charge is 0.305 e. The van der Waals surface area contributed by atoms with Crippen molar-refractivity contribution < 1.29 is 38.2 Å². The molecule has 2 amide bonds. The summed E-state index contributed by atoms with van der Waals surface area (Å²) in [6.45, 7) is 13.6. The molecule has 0 saturated heterocycles. The standard InChI is InChI=1S/C29H26ClFN4O3.C29H29ClFN3O3/c1-3-4-22(17-5-7-19(8-6-17)29(38)33-14-13-25(36)37)26(18-9-11-20(30)12-10-18)28-23-15-21(32-2)16-24(31)27(23)34-35-28;1-3-4-22(18-5-7-20(8-6-18)29(37)32-14-13-25(35)36)26(19-9-11-21(30)12-10-19)28-23-15-17(2)16-24(31)27(23)33-34-28/h5-12,15-16,22,26H,3-4,13-14H2,1H3,(H,33,38)(H,34,35)(H,36,37);5-12,15-16,22,26H,3-4,13-14H2,1-2H3,(H,32,37)(H,33,34)(H,35,36)/t;22-,26+/m.1/s1. The van der Waals surface area contributed by atoms with Crippen molar-refractivity contribution in [3.8, 4) is 0 Å². The fourth-order valence-corrected chi connectivity index (χ4v) is 9.85. The molecule has 0 saturated carbocycles. The zero-order valence-electron chi connectivity index (χ0n) is 41.4. The number of nitrogens with one attached hydrogen (secondary N) is 4. The third-order valence-corrected chi connectivity index (χ3v) is 13.6. The molecule has 6 N–H and O–H groups in total. The van der Waals surface area contributed by atoms with E-state index < -0.39 is 17.8 Å². The zero-order valence-corrected chi connectivity index (χ0v) is 42.9. The van der Waals surface area contributed by atoms with Crippen LogP contribution in [0.1, 0.15) is 136 Å². The molecule has 0 spiro atoms. The van der Waals surface area contributed by atoms with Gasteiger partial charge in [0.05, 0.1) is 25.1 Å². The lowest BCUT2D eigenvalue weighted by Crippen LogP contribution is -2.26. The van der Waals surface area contributed by atoms with Gasteiger partial charge in [-0.1, -0.05) is 98.4 Å². The number of carboxylic acid groups (broad SMARTS) is 2. The fourth-order valence-electron chi connectivity index (χ4n) is 9.60. The largest absolute Gasteiger partial charge is 0.481 e. The molecule has 0 aliphatic carbocycles. The van der Waals surface area contributed by atoms with Gasteiger partial charge in [0.2, 0.25) is 0 Å². The first-order valence-corrected chi connectivity index (χ1v) is 25.3. The maximum atomic E-state index is 14.8. The topological polar surface area (TPSA) is 195 Å². The highest BCUT2D eigenvalue weighted by molar-refractivity contribution is 6.30. The quantitative estimate of drug-likeness (QED) is 0.0406. The summed E-state index contributed by atoms with van der Waals surface area (Å²) < 4.78 is 29.5. The van der Waals surface area contributed by atoms with Crippen LogP contribution in [-0.4, -0.2) is 67.5 Å². The molecule has 2 aromatic heterocycles. The second-order valence-corrected chi connectivity index (χ2v) is 19.1. The first-order chi connectivity index (χ1) is 36.1. The predicted molar refractivity (Wildman–Crippen MR) is 287 cm³/mol. The van der Waals surface area contributed by atoms with Crippen molar-refractivity contribution >= 4 is 74.4 Å². The van der Waals surface area contributed by atoms with Crippen LogP contribution in [0.5, 0.6) is 0 Å². The highest BCUT2D eigenvalue weighted by Gasteiger charge is 2.32. The minimum absolute atomic E-state index is 0.00233. The number of carbonyl (C=O) groups excluding carboxylic acids is 2. The van der Waals surface area contributed by atoms with E-state index >= 15 is 0 Å². The number of amides is 2. The molecule has 6 aromatic carbocycles. The van der Waals surface area contributed by atoms with Crippen LogP contribution in [0.15, 0.2) is 121 Å². The number of hydrogen-bond acceptors (Lipinski definition) is 6. The molecule has 75 heavy (non-hydrogen) atoms. The number of carboxylic acids is 2. The summed E-state index contributed by atoms with van der Waals surface area (Å²) in [7, 11) is 0. The molecule has 8 rings (SSSR count). The second-order valence-electron chi connectivity index (χ2n) is 18.2. The van der Waals surface area contributed by atoms with Gasteiger partial charge in [0.25, 0.3) is 11.8 Å². The number of aromatic nitrogens is 4. The Morgan fingerprint density at radius 3 is 1.37 bits per heavy atom. The SMILES string of the molecule is CCC[C@H](c1ccc(C(=O)NCCC(=O)O)cc1)[C@H](c1ccc(Cl)cc1)c1[nH]nc2c(F)cc(C)cc12.[C-]#[N+]c1cc(F)c2n[nH]c(C(c3ccc(Cl)cc3)C(CCC)c3ccc(C(=O)NCCC(=O)O)cc3)c2c1. The number of aliphatic carboxylic acids is 2. The van der Waals surface area contributed by atoms with Gasteiger partial charge in [-0.05, 0) is 132 Å². The molecule has 2 heterocycles. The lowest BCUT2D eigenvalue weighted by Gasteiger charge is -2.28. The first kappa shape index (κ1) is 54.8. The number of carbonyl (C=O) groups is 4. The minimum atomic E-state index is -0.981. The summed E-state index contributed by atoms with van der Waals surface area (Å²) in [6, 6.07) is 36.0. The molecule has 0 fully saturated rings. The van der Waals surface area contributed by atoms with Gasteiger partial charge >= 0.3 is 11.9 Å². The Morgan fingerprint density at radius 2 is 0.987 bits per heavy atom. The summed E-state index contributed by atoms with van der Waals surface area (Å²) in [5, 5.41) is 40.1. The van der Waals surface area contributed by atoms with Gasteiger partial charge in [-0.3, -0.25) is 29.4 Å². The van der Waals surface area contributed by atoms with E-state index in [4.69, 9.17) is 40.0 Å². The Labute approximate surface area is 442 Å². The lowest BCUT2D eigenvalue weighted by molar-refractivity contribution is -0.137. The van der Waals surface area contributed by atoms with Gasteiger partial charge in [0.15, 0.2) is 11.5 Å². The van der Waals surface area contributed by atoms with Gasteiger partial charge in [-0.2, -0.15) is 10.2 Å². The molecule has 13 nitrogen and oxygen atoms in total. The second kappa shape index (κ2) is 25.3. The molecule has 0 aliphatic heterocycles. The molecule has 4 atom stereocenters. The Bertz CT molecular complexity index is 3340. The van der Waals surface area contributed by atoms with E-state index in [9.17, 15) is 28.0 Å². The van der Waals surface area contributed by atoms with Crippen molar-refractivity contribution in [2.45, 2.75) is 83.0 Å². The van der Waals surface area contributed by atoms with Crippen LogP contribution in [0.2, 0.25) is 10.0 Å². The monoisotopic (exact) mass is 1050 g/mol. The number of nitrogens with zero attached hydrogens (tertiary/aromatic N) is 3. The van der Waals surface area contributed by atoms with E-state index in [1.165, 1.54) is 12.1 Å².